The summed E-state index contributed by atoms with van der Waals surface area (Å²) >= 11 is 7.04. The number of benzene rings is 2. The third-order valence-corrected chi connectivity index (χ3v) is 6.98. The zero-order valence-corrected chi connectivity index (χ0v) is 23.3. The van der Waals surface area contributed by atoms with Crippen molar-refractivity contribution in [1.82, 2.24) is 0 Å². The van der Waals surface area contributed by atoms with Crippen molar-refractivity contribution < 1.29 is 9.31 Å². The number of unbranched alkanes of at least 4 members (excludes halogenated alkanes) is 2. The van der Waals surface area contributed by atoms with E-state index >= 15 is 0 Å². The number of allylic oxidation sites excluding steroid dienone is 10. The molecule has 180 valence electrons. The Kier molecular flexibility index (Phi) is 9.11. The number of nitrogens with zero attached hydrogens (tertiary/aromatic N) is 2. The van der Waals surface area contributed by atoms with Crippen molar-refractivity contribution in [3.8, 4) is 6.07 Å². The molecule has 0 saturated carbocycles. The summed E-state index contributed by atoms with van der Waals surface area (Å²) in [6.07, 6.45) is 19.3. The van der Waals surface area contributed by atoms with E-state index in [1.807, 2.05) is 18.2 Å². The molecule has 5 heteroatoms. The molecule has 0 saturated heterocycles. The van der Waals surface area contributed by atoms with Crippen molar-refractivity contribution in [3.63, 3.8) is 0 Å². The molecule has 1 aliphatic carbocycles. The summed E-state index contributed by atoms with van der Waals surface area (Å²) in [6.45, 7) is 0.942. The van der Waals surface area contributed by atoms with Gasteiger partial charge in [-0.2, -0.15) is 5.26 Å². The summed E-state index contributed by atoms with van der Waals surface area (Å²) in [5.74, 6) is 1.60. The largest absolute Gasteiger partial charge is 0.457 e. The molecule has 1 aliphatic heterocycles. The summed E-state index contributed by atoms with van der Waals surface area (Å²) in [6, 6.07) is 18.7. The standard InChI is InChI=1S/C31H27Br2N2O/c1-35(20-4-2-3-19-34)29-16-5-23(6-17-29)7-18-30-21-26(24-8-12-27(32)13-9-24)22-31(36-30)25-10-14-28(33)15-11-25/h5-18,21-22H,2-4,20H2,1H3/q+1/b23-7?,30-18+,35-29?. The zero-order valence-electron chi connectivity index (χ0n) is 20.1. The van der Waals surface area contributed by atoms with Gasteiger partial charge in [0.2, 0.25) is 0 Å². The van der Waals surface area contributed by atoms with Crippen LogP contribution in [-0.2, 0) is 4.74 Å². The minimum absolute atomic E-state index is 0.620. The second-order valence-corrected chi connectivity index (χ2v) is 10.4. The van der Waals surface area contributed by atoms with Crippen LogP contribution >= 0.6 is 31.9 Å². The molecule has 0 aromatic heterocycles. The lowest BCUT2D eigenvalue weighted by molar-refractivity contribution is -0.496. The summed E-state index contributed by atoms with van der Waals surface area (Å²) in [7, 11) is 2.09. The molecule has 4 rings (SSSR count). The highest BCUT2D eigenvalue weighted by Crippen LogP contribution is 2.32. The number of halogens is 2. The summed E-state index contributed by atoms with van der Waals surface area (Å²) in [4.78, 5) is 0. The molecule has 2 aliphatic rings. The number of hydrogen-bond acceptors (Lipinski definition) is 2. The predicted octanol–water partition coefficient (Wildman–Crippen LogP) is 8.38. The first kappa shape index (κ1) is 25.9. The fraction of sp³-hybridized carbons (Fsp3) is 0.161. The summed E-state index contributed by atoms with van der Waals surface area (Å²) < 4.78 is 10.6. The van der Waals surface area contributed by atoms with Crippen molar-refractivity contribution in [3.05, 3.63) is 129 Å². The van der Waals surface area contributed by atoms with Crippen LogP contribution in [0, 0.1) is 11.3 Å². The molecule has 0 fully saturated rings. The normalized spacial score (nSPS) is 15.8. The Hall–Kier alpha value is -3.20. The van der Waals surface area contributed by atoms with Gasteiger partial charge in [-0.1, -0.05) is 62.2 Å². The van der Waals surface area contributed by atoms with Gasteiger partial charge in [0.05, 0.1) is 6.07 Å². The molecule has 1 heterocycles. The van der Waals surface area contributed by atoms with Crippen LogP contribution in [0.15, 0.2) is 117 Å². The number of nitriles is 1. The Morgan fingerprint density at radius 2 is 1.47 bits per heavy atom. The van der Waals surface area contributed by atoms with E-state index in [-0.39, 0.29) is 0 Å². The third kappa shape index (κ3) is 7.16. The lowest BCUT2D eigenvalue weighted by atomic mass is 10.0. The zero-order chi connectivity index (χ0) is 25.3. The van der Waals surface area contributed by atoms with Gasteiger partial charge >= 0.3 is 0 Å². The van der Waals surface area contributed by atoms with Crippen LogP contribution in [0.3, 0.4) is 0 Å². The lowest BCUT2D eigenvalue weighted by Gasteiger charge is -2.18. The van der Waals surface area contributed by atoms with Crippen LogP contribution < -0.4 is 0 Å². The van der Waals surface area contributed by atoms with Crippen molar-refractivity contribution in [2.45, 2.75) is 19.3 Å². The highest BCUT2D eigenvalue weighted by atomic mass is 79.9. The fourth-order valence-electron chi connectivity index (χ4n) is 3.87. The molecule has 2 aromatic rings. The minimum Gasteiger partial charge on any atom is -0.457 e. The van der Waals surface area contributed by atoms with Gasteiger partial charge < -0.3 is 4.74 Å². The number of hydrogen-bond donors (Lipinski definition) is 0. The average Bonchev–Trinajstić information content (AvgIpc) is 2.91. The molecule has 36 heavy (non-hydrogen) atoms. The minimum atomic E-state index is 0.620. The van der Waals surface area contributed by atoms with E-state index < -0.39 is 0 Å². The maximum absolute atomic E-state index is 8.70. The average molecular weight is 603 g/mol. The summed E-state index contributed by atoms with van der Waals surface area (Å²) in [5.41, 5.74) is 5.52. The molecule has 3 nitrogen and oxygen atoms in total. The van der Waals surface area contributed by atoms with Crippen molar-refractivity contribution in [1.29, 1.82) is 5.26 Å². The topological polar surface area (TPSA) is 36.0 Å². The first-order chi connectivity index (χ1) is 17.5. The van der Waals surface area contributed by atoms with E-state index in [9.17, 15) is 0 Å². The van der Waals surface area contributed by atoms with E-state index in [1.54, 1.807) is 0 Å². The molecule has 0 N–H and O–H groups in total. The molecular weight excluding hydrogens is 576 g/mol. The molecule has 0 spiro atoms. The van der Waals surface area contributed by atoms with Gasteiger partial charge in [-0.25, -0.2) is 4.58 Å². The highest BCUT2D eigenvalue weighted by Gasteiger charge is 2.14. The van der Waals surface area contributed by atoms with Crippen LogP contribution in [-0.4, -0.2) is 23.9 Å². The first-order valence-corrected chi connectivity index (χ1v) is 13.5. The van der Waals surface area contributed by atoms with Gasteiger partial charge in [-0.05, 0) is 77.8 Å². The van der Waals surface area contributed by atoms with E-state index in [0.29, 0.717) is 6.42 Å². The fourth-order valence-corrected chi connectivity index (χ4v) is 4.40. The first-order valence-electron chi connectivity index (χ1n) is 11.9. The second kappa shape index (κ2) is 12.7. The molecule has 0 atom stereocenters. The Bertz CT molecular complexity index is 1350. The maximum Gasteiger partial charge on any atom is 0.199 e. The van der Waals surface area contributed by atoms with Gasteiger partial charge in [0.25, 0.3) is 0 Å². The highest BCUT2D eigenvalue weighted by molar-refractivity contribution is 9.10. The maximum atomic E-state index is 8.70. The van der Waals surface area contributed by atoms with Crippen molar-refractivity contribution >= 4 is 48.9 Å². The third-order valence-electron chi connectivity index (χ3n) is 5.92. The van der Waals surface area contributed by atoms with Crippen LogP contribution in [0.2, 0.25) is 0 Å². The van der Waals surface area contributed by atoms with Crippen LogP contribution in [0.4, 0.5) is 0 Å². The van der Waals surface area contributed by atoms with Gasteiger partial charge in [-0.3, -0.25) is 0 Å². The lowest BCUT2D eigenvalue weighted by Crippen LogP contribution is -2.16. The molecule has 2 aromatic carbocycles. The Morgan fingerprint density at radius 1 is 0.833 bits per heavy atom. The Balaban J connectivity index is 1.56. The van der Waals surface area contributed by atoms with Crippen molar-refractivity contribution in [2.24, 2.45) is 0 Å². The molecule has 0 amide bonds. The molecular formula is C31H27Br2N2O+. The van der Waals surface area contributed by atoms with Crippen LogP contribution in [0.25, 0.3) is 11.3 Å². The van der Waals surface area contributed by atoms with Gasteiger partial charge in [0.15, 0.2) is 5.71 Å². The predicted molar refractivity (Wildman–Crippen MR) is 155 cm³/mol. The van der Waals surface area contributed by atoms with Gasteiger partial charge in [0, 0.05) is 39.5 Å². The van der Waals surface area contributed by atoms with Crippen molar-refractivity contribution in [2.75, 3.05) is 13.6 Å². The number of rotatable bonds is 7. The molecule has 0 radical (unpaired) electrons. The van der Waals surface area contributed by atoms with Crippen LogP contribution in [0.1, 0.15) is 30.4 Å². The van der Waals surface area contributed by atoms with E-state index in [1.165, 1.54) is 5.71 Å². The second-order valence-electron chi connectivity index (χ2n) is 8.59. The monoisotopic (exact) mass is 601 g/mol. The molecule has 0 unspecified atom stereocenters. The quantitative estimate of drug-likeness (QED) is 0.236. The Morgan fingerprint density at radius 3 is 2.11 bits per heavy atom. The smallest absolute Gasteiger partial charge is 0.199 e. The summed E-state index contributed by atoms with van der Waals surface area (Å²) in [5, 5.41) is 8.70. The SMILES string of the molecule is C[N+](CCCCC#N)=C1C=CC(=C/C=C2\C=C(c3ccc(Br)cc3)C=C(c3ccc(Br)cc3)O2)C=C1. The van der Waals surface area contributed by atoms with Gasteiger partial charge in [-0.15, -0.1) is 0 Å². The Labute approximate surface area is 230 Å². The van der Waals surface area contributed by atoms with Crippen LogP contribution in [0.5, 0.6) is 0 Å². The van der Waals surface area contributed by atoms with E-state index in [4.69, 9.17) is 10.00 Å². The molecule has 0 bridgehead atoms. The van der Waals surface area contributed by atoms with Gasteiger partial charge in [0.1, 0.15) is 25.1 Å². The van der Waals surface area contributed by atoms with E-state index in [2.05, 4.69) is 128 Å². The number of ether oxygens (including phenoxy) is 1. The van der Waals surface area contributed by atoms with E-state index in [0.717, 1.165) is 62.1 Å².